The van der Waals surface area contributed by atoms with E-state index in [0.29, 0.717) is 13.0 Å². The van der Waals surface area contributed by atoms with Gasteiger partial charge in [0.25, 0.3) is 5.23 Å². The number of halogens is 2. The average molecular weight is 471 g/mol. The number of carbonyl (C=O) groups excluding carboxylic acids is 2. The third-order valence-corrected chi connectivity index (χ3v) is 8.93. The molecule has 1 fully saturated rings. The van der Waals surface area contributed by atoms with Crippen molar-refractivity contribution in [1.82, 2.24) is 5.32 Å². The van der Waals surface area contributed by atoms with E-state index in [1.807, 2.05) is 0 Å². The van der Waals surface area contributed by atoms with Crippen molar-refractivity contribution in [3.63, 3.8) is 0 Å². The van der Waals surface area contributed by atoms with E-state index in [4.69, 9.17) is 9.47 Å². The molecule has 31 heavy (non-hydrogen) atoms. The molecule has 3 atom stereocenters. The molecule has 0 bridgehead atoms. The number of nitrogens with zero attached hydrogens (tertiary/aromatic N) is 1. The van der Waals surface area contributed by atoms with Crippen molar-refractivity contribution in [3.8, 4) is 0 Å². The molecule has 1 aromatic carbocycles. The number of fused-ring (bicyclic) bond motifs is 1. The molecule has 1 aromatic rings. The predicted molar refractivity (Wildman–Crippen MR) is 119 cm³/mol. The number of Topliss-reactive ketones (excluding diaryl/α,β-unsaturated/α-hetero) is 1. The van der Waals surface area contributed by atoms with Gasteiger partial charge in [0.15, 0.2) is 11.6 Å². The number of carbonyl (C=O) groups is 2. The van der Waals surface area contributed by atoms with Crippen LogP contribution in [0.15, 0.2) is 23.2 Å². The topological polar surface area (TPSA) is 77.0 Å². The Morgan fingerprint density at radius 2 is 2.03 bits per heavy atom. The van der Waals surface area contributed by atoms with Crippen LogP contribution < -0.4 is 5.32 Å². The largest absolute Gasteiger partial charge is 0.416 e. The van der Waals surface area contributed by atoms with Gasteiger partial charge in [-0.2, -0.15) is 0 Å². The predicted octanol–water partition coefficient (Wildman–Crippen LogP) is 4.67. The Kier molecular flexibility index (Phi) is 6.64. The van der Waals surface area contributed by atoms with Gasteiger partial charge in [-0.25, -0.2) is 18.6 Å². The van der Waals surface area contributed by atoms with Gasteiger partial charge in [-0.1, -0.05) is 43.5 Å². The number of nitrogens with one attached hydrogen (secondary N) is 1. The number of ketones is 1. The van der Waals surface area contributed by atoms with Gasteiger partial charge in [0.2, 0.25) is 0 Å². The average Bonchev–Trinajstić information content (AvgIpc) is 3.40. The number of benzene rings is 1. The minimum Gasteiger partial charge on any atom is -0.385 e. The Hall–Kier alpha value is -1.78. The van der Waals surface area contributed by atoms with Crippen LogP contribution in [0.3, 0.4) is 0 Å². The summed E-state index contributed by atoms with van der Waals surface area (Å²) in [5.74, 6) is -2.43. The fourth-order valence-electron chi connectivity index (χ4n) is 3.78. The molecular weight excluding hydrogens is 442 g/mol. The molecule has 3 rings (SSSR count). The van der Waals surface area contributed by atoms with Gasteiger partial charge in [0.1, 0.15) is 12.5 Å². The molecular formula is C21H28F2N2O4SSi. The highest BCUT2D eigenvalue weighted by Gasteiger charge is 2.70. The van der Waals surface area contributed by atoms with Crippen LogP contribution in [-0.4, -0.2) is 43.3 Å². The van der Waals surface area contributed by atoms with E-state index >= 15 is 0 Å². The minimum absolute atomic E-state index is 0.0163. The summed E-state index contributed by atoms with van der Waals surface area (Å²) < 4.78 is 38.4. The van der Waals surface area contributed by atoms with Gasteiger partial charge >= 0.3 is 6.09 Å². The lowest BCUT2D eigenvalue weighted by Gasteiger charge is -2.33. The maximum atomic E-state index is 14.6. The Morgan fingerprint density at radius 1 is 1.32 bits per heavy atom. The van der Waals surface area contributed by atoms with Gasteiger partial charge in [0.05, 0.1) is 10.3 Å². The lowest BCUT2D eigenvalue weighted by atomic mass is 9.85. The summed E-state index contributed by atoms with van der Waals surface area (Å²) in [6.45, 7) is 10.3. The standard InChI is InChI=1S/C21H28F2N2O4SSi/c1-13(26)21-11-16(21)20(2,14-7-6-8-15(22)17(14)23)25-19(30-21)29-18(27)24-12-28-9-10-31(3,4)5/h6-8,16H,9-12H2,1-5H3,(H,24,27)/t16-,20+,21+/m0/s1. The summed E-state index contributed by atoms with van der Waals surface area (Å²) in [5, 5.41) is 2.45. The van der Waals surface area contributed by atoms with Crippen LogP contribution in [-0.2, 0) is 19.8 Å². The lowest BCUT2D eigenvalue weighted by Crippen LogP contribution is -2.39. The first-order chi connectivity index (χ1) is 14.4. The molecule has 1 aliphatic heterocycles. The van der Waals surface area contributed by atoms with Crippen LogP contribution in [0.1, 0.15) is 25.8 Å². The number of thioether (sulfide) groups is 1. The highest BCUT2D eigenvalue weighted by molar-refractivity contribution is 8.15. The number of amides is 1. The van der Waals surface area contributed by atoms with Gasteiger partial charge < -0.3 is 9.47 Å². The lowest BCUT2D eigenvalue weighted by molar-refractivity contribution is -0.117. The molecule has 1 saturated carbocycles. The normalized spacial score (nSPS) is 27.2. The smallest absolute Gasteiger partial charge is 0.385 e. The molecule has 0 radical (unpaired) electrons. The molecule has 1 heterocycles. The second-order valence-corrected chi connectivity index (χ2v) is 16.3. The Bertz CT molecular complexity index is 923. The zero-order valence-corrected chi connectivity index (χ0v) is 20.2. The molecule has 6 nitrogen and oxygen atoms in total. The molecule has 0 spiro atoms. The van der Waals surface area contributed by atoms with Crippen LogP contribution in [0.2, 0.25) is 25.7 Å². The fourth-order valence-corrected chi connectivity index (χ4v) is 5.97. The zero-order valence-electron chi connectivity index (χ0n) is 18.4. The number of ether oxygens (including phenoxy) is 2. The molecule has 170 valence electrons. The second kappa shape index (κ2) is 8.63. The molecule has 1 amide bonds. The summed E-state index contributed by atoms with van der Waals surface area (Å²) in [5.41, 5.74) is -1.19. The zero-order chi connectivity index (χ0) is 23.0. The van der Waals surface area contributed by atoms with Gasteiger partial charge in [-0.3, -0.25) is 10.1 Å². The molecule has 0 aromatic heterocycles. The SMILES string of the molecule is CC(=O)[C@]12C[C@H]1[C@@](C)(c1cccc(F)c1F)N=C(OC(=O)NCOCC[Si](C)(C)C)S2. The van der Waals surface area contributed by atoms with Crippen molar-refractivity contribution in [2.75, 3.05) is 13.3 Å². The first-order valence-electron chi connectivity index (χ1n) is 10.2. The molecule has 1 aliphatic carbocycles. The summed E-state index contributed by atoms with van der Waals surface area (Å²) in [6, 6.07) is 4.85. The Labute approximate surface area is 186 Å². The molecule has 1 N–H and O–H groups in total. The van der Waals surface area contributed by atoms with Crippen molar-refractivity contribution < 1.29 is 27.8 Å². The maximum absolute atomic E-state index is 14.6. The van der Waals surface area contributed by atoms with Gasteiger partial charge in [-0.15, -0.1) is 0 Å². The number of hydrogen-bond donors (Lipinski definition) is 1. The van der Waals surface area contributed by atoms with E-state index in [9.17, 15) is 18.4 Å². The van der Waals surface area contributed by atoms with E-state index in [-0.39, 0.29) is 29.2 Å². The highest BCUT2D eigenvalue weighted by atomic mass is 32.2. The molecule has 0 unspecified atom stereocenters. The molecule has 0 saturated heterocycles. The summed E-state index contributed by atoms with van der Waals surface area (Å²) in [4.78, 5) is 29.0. The molecule has 2 aliphatic rings. The van der Waals surface area contributed by atoms with Crippen molar-refractivity contribution in [1.29, 1.82) is 0 Å². The highest BCUT2D eigenvalue weighted by Crippen LogP contribution is 2.66. The van der Waals surface area contributed by atoms with Gasteiger partial charge in [0, 0.05) is 26.2 Å². The van der Waals surface area contributed by atoms with E-state index in [0.717, 1.165) is 23.9 Å². The van der Waals surface area contributed by atoms with Crippen molar-refractivity contribution in [2.45, 2.75) is 56.2 Å². The van der Waals surface area contributed by atoms with Crippen molar-refractivity contribution in [3.05, 3.63) is 35.4 Å². The third kappa shape index (κ3) is 5.01. The fraction of sp³-hybridized carbons (Fsp3) is 0.571. The van der Waals surface area contributed by atoms with Crippen LogP contribution >= 0.6 is 11.8 Å². The number of rotatable bonds is 7. The summed E-state index contributed by atoms with van der Waals surface area (Å²) in [6.07, 6.45) is -0.337. The van der Waals surface area contributed by atoms with Gasteiger partial charge in [-0.05, 0) is 32.4 Å². The van der Waals surface area contributed by atoms with E-state index < -0.39 is 36.1 Å². The van der Waals surface area contributed by atoms with Crippen LogP contribution in [0.4, 0.5) is 13.6 Å². The minimum atomic E-state index is -1.23. The van der Waals surface area contributed by atoms with Crippen molar-refractivity contribution >= 4 is 36.9 Å². The summed E-state index contributed by atoms with van der Waals surface area (Å²) >= 11 is 1.06. The Balaban J connectivity index is 1.73. The van der Waals surface area contributed by atoms with Crippen LogP contribution in [0, 0.1) is 17.6 Å². The second-order valence-electron chi connectivity index (χ2n) is 9.36. The van der Waals surface area contributed by atoms with Crippen molar-refractivity contribution in [2.24, 2.45) is 10.9 Å². The van der Waals surface area contributed by atoms with E-state index in [1.165, 1.54) is 19.1 Å². The number of aliphatic imine (C=N–C) groups is 1. The maximum Gasteiger partial charge on any atom is 0.416 e. The molecule has 10 heteroatoms. The first kappa shape index (κ1) is 23.9. The summed E-state index contributed by atoms with van der Waals surface area (Å²) in [7, 11) is -1.23. The Morgan fingerprint density at radius 3 is 2.68 bits per heavy atom. The third-order valence-electron chi connectivity index (χ3n) is 5.77. The first-order valence-corrected chi connectivity index (χ1v) is 14.7. The van der Waals surface area contributed by atoms with E-state index in [2.05, 4.69) is 30.0 Å². The van der Waals surface area contributed by atoms with E-state index in [1.54, 1.807) is 6.92 Å². The number of hydrogen-bond acceptors (Lipinski definition) is 6. The monoisotopic (exact) mass is 470 g/mol. The quantitative estimate of drug-likeness (QED) is 0.356. The number of alkyl carbamates (subject to hydrolysis) is 1. The van der Waals surface area contributed by atoms with Crippen LogP contribution in [0.25, 0.3) is 0 Å². The van der Waals surface area contributed by atoms with Crippen LogP contribution in [0.5, 0.6) is 0 Å².